The number of rotatable bonds is 3. The average Bonchev–Trinajstić information content (AvgIpc) is 2.83. The Morgan fingerprint density at radius 1 is 1.32 bits per heavy atom. The third-order valence-electron chi connectivity index (χ3n) is 4.47. The Bertz CT molecular complexity index is 672. The number of likely N-dealkylation sites (N-methyl/N-ethyl adjacent to an activating group) is 1. The molecule has 2 aromatic rings. The second-order valence-electron chi connectivity index (χ2n) is 6.45. The van der Waals surface area contributed by atoms with Crippen molar-refractivity contribution in [3.05, 3.63) is 35.9 Å². The third kappa shape index (κ3) is 3.30. The van der Waals surface area contributed by atoms with Crippen LogP contribution in [-0.4, -0.2) is 49.2 Å². The summed E-state index contributed by atoms with van der Waals surface area (Å²) in [5.74, 6) is 0. The van der Waals surface area contributed by atoms with Crippen molar-refractivity contribution in [1.29, 1.82) is 0 Å². The fourth-order valence-electron chi connectivity index (χ4n) is 3.13. The first kappa shape index (κ1) is 17.3. The lowest BCUT2D eigenvalue weighted by molar-refractivity contribution is -0.904. The molecule has 0 amide bonds. The van der Waals surface area contributed by atoms with Gasteiger partial charge < -0.3 is 37.8 Å². The number of benzene rings is 1. The lowest BCUT2D eigenvalue weighted by atomic mass is 10.1. The number of piperazine rings is 1. The van der Waals surface area contributed by atoms with Crippen LogP contribution < -0.4 is 28.9 Å². The van der Waals surface area contributed by atoms with Crippen LogP contribution in [0.3, 0.4) is 0 Å². The molecule has 22 heavy (non-hydrogen) atoms. The standard InChI is InChI=1S/C17H24N3O.HI/c1-5-8-20(4)9-6-19(7-10-20)17-18-15-12-13(2)11-14(3)16(15)21-17;/h5,11-12H,1,6-10H2,2-4H3;1H/q+1;/p-1. The van der Waals surface area contributed by atoms with E-state index in [4.69, 9.17) is 4.42 Å². The van der Waals surface area contributed by atoms with E-state index < -0.39 is 0 Å². The van der Waals surface area contributed by atoms with Gasteiger partial charge in [-0.1, -0.05) is 12.6 Å². The predicted octanol–water partition coefficient (Wildman–Crippen LogP) is -0.0988. The maximum Gasteiger partial charge on any atom is 0.298 e. The molecule has 1 fully saturated rings. The van der Waals surface area contributed by atoms with Crippen molar-refractivity contribution in [2.45, 2.75) is 13.8 Å². The van der Waals surface area contributed by atoms with Crippen LogP contribution in [0.25, 0.3) is 11.1 Å². The predicted molar refractivity (Wildman–Crippen MR) is 86.7 cm³/mol. The van der Waals surface area contributed by atoms with E-state index in [1.54, 1.807) is 0 Å². The Morgan fingerprint density at radius 2 is 2.00 bits per heavy atom. The molecule has 1 saturated heterocycles. The SMILES string of the molecule is C=CC[N+]1(C)CCN(c2nc3cc(C)cc(C)c3o2)CC1.[I-]. The molecule has 4 nitrogen and oxygen atoms in total. The number of anilines is 1. The highest BCUT2D eigenvalue weighted by molar-refractivity contribution is 5.78. The molecular weight excluding hydrogens is 389 g/mol. The average molecular weight is 413 g/mol. The van der Waals surface area contributed by atoms with E-state index >= 15 is 0 Å². The normalized spacial score (nSPS) is 17.3. The minimum Gasteiger partial charge on any atom is -1.00 e. The van der Waals surface area contributed by atoms with Crippen molar-refractivity contribution >= 4 is 17.1 Å². The van der Waals surface area contributed by atoms with Gasteiger partial charge in [0.15, 0.2) is 5.58 Å². The number of aromatic nitrogens is 1. The second-order valence-corrected chi connectivity index (χ2v) is 6.45. The zero-order chi connectivity index (χ0) is 15.0. The number of hydrogen-bond donors (Lipinski definition) is 0. The van der Waals surface area contributed by atoms with Gasteiger partial charge in [-0.15, -0.1) is 0 Å². The van der Waals surface area contributed by atoms with E-state index in [9.17, 15) is 0 Å². The summed E-state index contributed by atoms with van der Waals surface area (Å²) in [6.07, 6.45) is 2.02. The number of halogens is 1. The molecule has 0 spiro atoms. The minimum absolute atomic E-state index is 0. The van der Waals surface area contributed by atoms with Gasteiger partial charge in [0.25, 0.3) is 6.01 Å². The lowest BCUT2D eigenvalue weighted by Crippen LogP contribution is -3.00. The molecule has 0 saturated carbocycles. The lowest BCUT2D eigenvalue weighted by Gasteiger charge is -2.40. The zero-order valence-corrected chi connectivity index (χ0v) is 15.8. The largest absolute Gasteiger partial charge is 1.00 e. The summed E-state index contributed by atoms with van der Waals surface area (Å²) in [4.78, 5) is 6.95. The quantitative estimate of drug-likeness (QED) is 0.400. The molecule has 0 bridgehead atoms. The van der Waals surface area contributed by atoms with Crippen molar-refractivity contribution in [1.82, 2.24) is 4.98 Å². The van der Waals surface area contributed by atoms with E-state index in [0.717, 1.165) is 59.9 Å². The van der Waals surface area contributed by atoms with E-state index in [-0.39, 0.29) is 24.0 Å². The molecule has 5 heteroatoms. The van der Waals surface area contributed by atoms with Crippen LogP contribution in [0.2, 0.25) is 0 Å². The monoisotopic (exact) mass is 413 g/mol. The molecule has 1 aromatic heterocycles. The van der Waals surface area contributed by atoms with Crippen LogP contribution in [0.5, 0.6) is 0 Å². The molecule has 0 atom stereocenters. The number of quaternary nitrogens is 1. The summed E-state index contributed by atoms with van der Waals surface area (Å²) in [7, 11) is 2.29. The van der Waals surface area contributed by atoms with Gasteiger partial charge in [0, 0.05) is 0 Å². The van der Waals surface area contributed by atoms with E-state index in [2.05, 4.69) is 49.5 Å². The molecule has 0 radical (unpaired) electrons. The van der Waals surface area contributed by atoms with E-state index in [0.29, 0.717) is 0 Å². The fraction of sp³-hybridized carbons (Fsp3) is 0.471. The summed E-state index contributed by atoms with van der Waals surface area (Å²) in [6.45, 7) is 13.2. The first-order valence-corrected chi connectivity index (χ1v) is 7.58. The minimum atomic E-state index is 0. The molecule has 3 rings (SSSR count). The molecule has 0 unspecified atom stereocenters. The maximum atomic E-state index is 6.01. The van der Waals surface area contributed by atoms with Crippen molar-refractivity contribution in [2.24, 2.45) is 0 Å². The third-order valence-corrected chi connectivity index (χ3v) is 4.47. The maximum absolute atomic E-state index is 6.01. The van der Waals surface area contributed by atoms with E-state index in [1.165, 1.54) is 5.56 Å². The van der Waals surface area contributed by atoms with Gasteiger partial charge in [-0.25, -0.2) is 0 Å². The van der Waals surface area contributed by atoms with Crippen LogP contribution in [0, 0.1) is 13.8 Å². The number of nitrogens with zero attached hydrogens (tertiary/aromatic N) is 3. The highest BCUT2D eigenvalue weighted by Gasteiger charge is 2.29. The van der Waals surface area contributed by atoms with Gasteiger partial charge in [-0.3, -0.25) is 0 Å². The smallest absolute Gasteiger partial charge is 0.298 e. The fourth-order valence-corrected chi connectivity index (χ4v) is 3.13. The summed E-state index contributed by atoms with van der Waals surface area (Å²) >= 11 is 0. The first-order chi connectivity index (χ1) is 10.0. The first-order valence-electron chi connectivity index (χ1n) is 7.58. The summed E-state index contributed by atoms with van der Waals surface area (Å²) in [5.41, 5.74) is 4.28. The van der Waals surface area contributed by atoms with Gasteiger partial charge in [-0.2, -0.15) is 4.98 Å². The van der Waals surface area contributed by atoms with Crippen LogP contribution >= 0.6 is 0 Å². The van der Waals surface area contributed by atoms with Gasteiger partial charge in [0.05, 0.1) is 39.8 Å². The Hall–Kier alpha value is -1.08. The van der Waals surface area contributed by atoms with Crippen LogP contribution in [0.4, 0.5) is 6.01 Å². The number of hydrogen-bond acceptors (Lipinski definition) is 3. The number of aryl methyl sites for hydroxylation is 2. The molecule has 120 valence electrons. The van der Waals surface area contributed by atoms with Crippen molar-refractivity contribution < 1.29 is 32.9 Å². The Kier molecular flexibility index (Phi) is 5.17. The molecule has 0 aliphatic carbocycles. The van der Waals surface area contributed by atoms with Crippen molar-refractivity contribution in [3.8, 4) is 0 Å². The molecule has 2 heterocycles. The molecule has 1 aliphatic rings. The zero-order valence-electron chi connectivity index (χ0n) is 13.6. The van der Waals surface area contributed by atoms with Crippen LogP contribution in [-0.2, 0) is 0 Å². The molecule has 1 aliphatic heterocycles. The van der Waals surface area contributed by atoms with Crippen molar-refractivity contribution in [3.63, 3.8) is 0 Å². The topological polar surface area (TPSA) is 29.3 Å². The summed E-state index contributed by atoms with van der Waals surface area (Å²) in [5, 5.41) is 0. The highest BCUT2D eigenvalue weighted by Crippen LogP contribution is 2.27. The number of fused-ring (bicyclic) bond motifs is 1. The van der Waals surface area contributed by atoms with Crippen LogP contribution in [0.1, 0.15) is 11.1 Å². The van der Waals surface area contributed by atoms with Crippen molar-refractivity contribution in [2.75, 3.05) is 44.7 Å². The van der Waals surface area contributed by atoms with Crippen LogP contribution in [0.15, 0.2) is 29.2 Å². The Morgan fingerprint density at radius 3 is 2.64 bits per heavy atom. The molecule has 0 N–H and O–H groups in total. The van der Waals surface area contributed by atoms with Gasteiger partial charge >= 0.3 is 0 Å². The van der Waals surface area contributed by atoms with E-state index in [1.807, 2.05) is 6.08 Å². The van der Waals surface area contributed by atoms with Gasteiger partial charge in [0.2, 0.25) is 0 Å². The Balaban J connectivity index is 0.00000176. The van der Waals surface area contributed by atoms with Gasteiger partial charge in [-0.05, 0) is 37.1 Å². The summed E-state index contributed by atoms with van der Waals surface area (Å²) in [6, 6.07) is 5.01. The highest BCUT2D eigenvalue weighted by atomic mass is 127. The summed E-state index contributed by atoms with van der Waals surface area (Å²) < 4.78 is 7.06. The second kappa shape index (κ2) is 6.58. The molecule has 1 aromatic carbocycles. The number of oxazole rings is 1. The molecular formula is C17H24IN3O. The van der Waals surface area contributed by atoms with Gasteiger partial charge in [0.1, 0.15) is 5.52 Å². The Labute approximate surface area is 149 Å².